The fourth-order valence-electron chi connectivity index (χ4n) is 5.18. The maximum absolute atomic E-state index is 13.6. The molecule has 3 amide bonds. The molecule has 2 aromatic heterocycles. The topological polar surface area (TPSA) is 117 Å². The Morgan fingerprint density at radius 2 is 1.89 bits per heavy atom. The monoisotopic (exact) mass is 504 g/mol. The summed E-state index contributed by atoms with van der Waals surface area (Å²) in [5.41, 5.74) is 0.594. The van der Waals surface area contributed by atoms with Crippen molar-refractivity contribution in [3.05, 3.63) is 48.0 Å². The number of halogens is 1. The van der Waals surface area contributed by atoms with Gasteiger partial charge in [0.2, 0.25) is 15.9 Å². The van der Waals surface area contributed by atoms with Gasteiger partial charge in [0.05, 0.1) is 29.4 Å². The summed E-state index contributed by atoms with van der Waals surface area (Å²) < 4.78 is 43.7. The molecule has 3 fully saturated rings. The van der Waals surface area contributed by atoms with Crippen molar-refractivity contribution in [2.45, 2.75) is 62.0 Å². The standard InChI is InChI=1S/C23H29FN6O4S/c1-28-12-17(11-26-28)14-30-21(31)19-10-18(35(33,34)27-23(15-24)6-7-23)2-3-20(19)29(22(30)32)13-16-4-8-25-9-5-16/h4-5,8-9,11-12,18-20,27H,2-3,6-7,10,13-15H2,1H3. The van der Waals surface area contributed by atoms with Crippen LogP contribution in [0.2, 0.25) is 0 Å². The van der Waals surface area contributed by atoms with E-state index in [-0.39, 0.29) is 18.9 Å². The molecule has 0 bridgehead atoms. The Morgan fingerprint density at radius 1 is 1.14 bits per heavy atom. The van der Waals surface area contributed by atoms with Crippen molar-refractivity contribution in [2.24, 2.45) is 13.0 Å². The Labute approximate surface area is 203 Å². The number of fused-ring (bicyclic) bond motifs is 1. The average molecular weight is 505 g/mol. The summed E-state index contributed by atoms with van der Waals surface area (Å²) >= 11 is 0. The number of aromatic nitrogens is 3. The van der Waals surface area contributed by atoms with Crippen molar-refractivity contribution in [3.63, 3.8) is 0 Å². The van der Waals surface area contributed by atoms with Crippen molar-refractivity contribution in [1.82, 2.24) is 29.3 Å². The number of carbonyl (C=O) groups is 2. The number of alkyl halides is 1. The van der Waals surface area contributed by atoms with Crippen LogP contribution < -0.4 is 4.72 Å². The van der Waals surface area contributed by atoms with Crippen molar-refractivity contribution in [2.75, 3.05) is 6.67 Å². The summed E-state index contributed by atoms with van der Waals surface area (Å²) in [7, 11) is -2.06. The first-order valence-electron chi connectivity index (χ1n) is 11.8. The van der Waals surface area contributed by atoms with Gasteiger partial charge >= 0.3 is 6.03 Å². The SMILES string of the molecule is Cn1cc(CN2C(=O)C3CC(S(=O)(=O)NC4(CF)CC4)CCC3N(Cc3ccncc3)C2=O)cn1. The smallest absolute Gasteiger partial charge is 0.316 e. The number of sulfonamides is 1. The lowest BCUT2D eigenvalue weighted by Gasteiger charge is -2.48. The third kappa shape index (κ3) is 4.68. The van der Waals surface area contributed by atoms with Crippen LogP contribution in [0.4, 0.5) is 9.18 Å². The Kier molecular flexibility index (Phi) is 6.12. The Bertz CT molecular complexity index is 1220. The number of pyridine rings is 1. The molecule has 35 heavy (non-hydrogen) atoms. The molecule has 2 aliphatic carbocycles. The predicted molar refractivity (Wildman–Crippen MR) is 124 cm³/mol. The molecule has 0 spiro atoms. The van der Waals surface area contributed by atoms with Gasteiger partial charge in [0, 0.05) is 43.8 Å². The number of aryl methyl sites for hydroxylation is 1. The maximum atomic E-state index is 13.6. The molecule has 12 heteroatoms. The van der Waals surface area contributed by atoms with Crippen LogP contribution in [0.5, 0.6) is 0 Å². The minimum Gasteiger partial charge on any atom is -0.316 e. The molecular formula is C23H29FN6O4S. The van der Waals surface area contributed by atoms with Gasteiger partial charge in [-0.1, -0.05) is 0 Å². The maximum Gasteiger partial charge on any atom is 0.327 e. The van der Waals surface area contributed by atoms with Crippen LogP contribution >= 0.6 is 0 Å². The van der Waals surface area contributed by atoms with Gasteiger partial charge in [-0.25, -0.2) is 22.3 Å². The molecule has 1 N–H and O–H groups in total. The second-order valence-electron chi connectivity index (χ2n) is 9.88. The van der Waals surface area contributed by atoms with E-state index in [0.29, 0.717) is 37.8 Å². The number of nitrogens with zero attached hydrogens (tertiary/aromatic N) is 5. The zero-order valence-electron chi connectivity index (χ0n) is 19.5. The molecule has 0 aromatic carbocycles. The van der Waals surface area contributed by atoms with E-state index in [4.69, 9.17) is 0 Å². The molecule has 5 rings (SSSR count). The lowest BCUT2D eigenvalue weighted by atomic mass is 9.80. The minimum atomic E-state index is -3.81. The highest BCUT2D eigenvalue weighted by Gasteiger charge is 2.53. The molecular weight excluding hydrogens is 475 g/mol. The van der Waals surface area contributed by atoms with Gasteiger partial charge < -0.3 is 4.90 Å². The van der Waals surface area contributed by atoms with Crippen molar-refractivity contribution in [3.8, 4) is 0 Å². The summed E-state index contributed by atoms with van der Waals surface area (Å²) in [6, 6.07) is 2.83. The summed E-state index contributed by atoms with van der Waals surface area (Å²) in [5, 5.41) is 3.31. The van der Waals surface area contributed by atoms with Gasteiger partial charge in [0.25, 0.3) is 0 Å². The first-order chi connectivity index (χ1) is 16.7. The minimum absolute atomic E-state index is 0.0577. The van der Waals surface area contributed by atoms with Crippen LogP contribution in [0.15, 0.2) is 36.9 Å². The van der Waals surface area contributed by atoms with Crippen LogP contribution in [0.1, 0.15) is 43.2 Å². The summed E-state index contributed by atoms with van der Waals surface area (Å²) in [4.78, 5) is 34.0. The Balaban J connectivity index is 1.42. The van der Waals surface area contributed by atoms with E-state index in [1.54, 1.807) is 41.4 Å². The third-order valence-electron chi connectivity index (χ3n) is 7.33. The van der Waals surface area contributed by atoms with E-state index in [9.17, 15) is 22.4 Å². The number of carbonyl (C=O) groups excluding carboxylic acids is 2. The summed E-state index contributed by atoms with van der Waals surface area (Å²) in [6.07, 6.45) is 8.36. The first kappa shape index (κ1) is 23.9. The van der Waals surface area contributed by atoms with E-state index in [1.807, 2.05) is 12.1 Å². The molecule has 3 heterocycles. The largest absolute Gasteiger partial charge is 0.327 e. The van der Waals surface area contributed by atoms with E-state index < -0.39 is 45.5 Å². The first-order valence-corrected chi connectivity index (χ1v) is 13.3. The second kappa shape index (κ2) is 8.98. The number of urea groups is 1. The lowest BCUT2D eigenvalue weighted by molar-refractivity contribution is -0.141. The number of hydrogen-bond acceptors (Lipinski definition) is 6. The summed E-state index contributed by atoms with van der Waals surface area (Å²) in [6.45, 7) is -0.390. The van der Waals surface area contributed by atoms with Crippen molar-refractivity contribution < 1.29 is 22.4 Å². The number of rotatable bonds is 8. The van der Waals surface area contributed by atoms with Crippen LogP contribution in [0, 0.1) is 5.92 Å². The van der Waals surface area contributed by atoms with Gasteiger partial charge in [0.1, 0.15) is 6.67 Å². The molecule has 188 valence electrons. The third-order valence-corrected chi connectivity index (χ3v) is 9.36. The van der Waals surface area contributed by atoms with Gasteiger partial charge in [-0.05, 0) is 49.8 Å². The number of imide groups is 1. The number of amides is 3. The van der Waals surface area contributed by atoms with Crippen LogP contribution in [0.25, 0.3) is 0 Å². The zero-order valence-corrected chi connectivity index (χ0v) is 20.3. The quantitative estimate of drug-likeness (QED) is 0.585. The van der Waals surface area contributed by atoms with Crippen LogP contribution in [-0.4, -0.2) is 68.4 Å². The van der Waals surface area contributed by atoms with Crippen molar-refractivity contribution in [1.29, 1.82) is 0 Å². The van der Waals surface area contributed by atoms with Crippen LogP contribution in [0.3, 0.4) is 0 Å². The van der Waals surface area contributed by atoms with Gasteiger partial charge in [0.15, 0.2) is 0 Å². The Morgan fingerprint density at radius 3 is 2.51 bits per heavy atom. The molecule has 2 saturated carbocycles. The lowest BCUT2D eigenvalue weighted by Crippen LogP contribution is -2.63. The fourth-order valence-corrected chi connectivity index (χ4v) is 7.11. The number of nitrogens with one attached hydrogen (secondary N) is 1. The van der Waals surface area contributed by atoms with E-state index in [1.165, 1.54) is 4.90 Å². The van der Waals surface area contributed by atoms with E-state index in [2.05, 4.69) is 14.8 Å². The molecule has 1 saturated heterocycles. The van der Waals surface area contributed by atoms with Crippen molar-refractivity contribution >= 4 is 22.0 Å². The fraction of sp³-hybridized carbons (Fsp3) is 0.565. The predicted octanol–water partition coefficient (Wildman–Crippen LogP) is 1.74. The molecule has 10 nitrogen and oxygen atoms in total. The average Bonchev–Trinajstić information content (AvgIpc) is 3.49. The normalized spacial score (nSPS) is 26.1. The van der Waals surface area contributed by atoms with Gasteiger partial charge in [-0.3, -0.25) is 19.4 Å². The highest BCUT2D eigenvalue weighted by atomic mass is 32.2. The van der Waals surface area contributed by atoms with Gasteiger partial charge in [-0.15, -0.1) is 0 Å². The number of hydrogen-bond donors (Lipinski definition) is 1. The van der Waals surface area contributed by atoms with E-state index in [0.717, 1.165) is 5.56 Å². The molecule has 3 unspecified atom stereocenters. The highest BCUT2D eigenvalue weighted by Crippen LogP contribution is 2.41. The van der Waals surface area contributed by atoms with Crippen LogP contribution in [-0.2, 0) is 35.0 Å². The van der Waals surface area contributed by atoms with Gasteiger partial charge in [-0.2, -0.15) is 5.10 Å². The molecule has 1 aliphatic heterocycles. The molecule has 3 atom stereocenters. The second-order valence-corrected chi connectivity index (χ2v) is 11.8. The molecule has 0 radical (unpaired) electrons. The molecule has 2 aromatic rings. The van der Waals surface area contributed by atoms with E-state index >= 15 is 0 Å². The molecule has 3 aliphatic rings. The summed E-state index contributed by atoms with van der Waals surface area (Å²) in [5.74, 6) is -1.04. The highest BCUT2D eigenvalue weighted by molar-refractivity contribution is 7.90. The Hall–Kier alpha value is -2.86. The zero-order chi connectivity index (χ0) is 24.8.